The van der Waals surface area contributed by atoms with Crippen molar-refractivity contribution in [2.45, 2.75) is 57.9 Å². The van der Waals surface area contributed by atoms with Gasteiger partial charge in [0.15, 0.2) is 0 Å². The van der Waals surface area contributed by atoms with Crippen molar-refractivity contribution in [3.63, 3.8) is 0 Å². The van der Waals surface area contributed by atoms with Gasteiger partial charge in [0.25, 0.3) is 0 Å². The highest BCUT2D eigenvalue weighted by molar-refractivity contribution is 5.80. The monoisotopic (exact) mass is 295 g/mol. The summed E-state index contributed by atoms with van der Waals surface area (Å²) in [4.78, 5) is 26.1. The first-order valence-corrected chi connectivity index (χ1v) is 8.39. The van der Waals surface area contributed by atoms with Gasteiger partial charge in [-0.1, -0.05) is 19.3 Å². The van der Waals surface area contributed by atoms with E-state index in [-0.39, 0.29) is 23.8 Å². The van der Waals surface area contributed by atoms with Crippen LogP contribution < -0.4 is 11.1 Å². The highest BCUT2D eigenvalue weighted by atomic mass is 16.2. The largest absolute Gasteiger partial charge is 0.355 e. The lowest BCUT2D eigenvalue weighted by Gasteiger charge is -2.23. The van der Waals surface area contributed by atoms with Gasteiger partial charge in [-0.25, -0.2) is 0 Å². The van der Waals surface area contributed by atoms with Crippen molar-refractivity contribution in [2.24, 2.45) is 17.6 Å². The fourth-order valence-electron chi connectivity index (χ4n) is 3.61. The van der Waals surface area contributed by atoms with Crippen molar-refractivity contribution in [2.75, 3.05) is 19.6 Å². The molecule has 2 amide bonds. The molecule has 0 spiro atoms. The number of likely N-dealkylation sites (tertiary alicyclic amines) is 1. The zero-order valence-electron chi connectivity index (χ0n) is 13.1. The molecular weight excluding hydrogens is 266 g/mol. The van der Waals surface area contributed by atoms with E-state index in [9.17, 15) is 9.59 Å². The van der Waals surface area contributed by atoms with E-state index in [1.807, 2.05) is 4.90 Å². The van der Waals surface area contributed by atoms with E-state index in [4.69, 9.17) is 5.73 Å². The van der Waals surface area contributed by atoms with E-state index in [1.165, 1.54) is 6.42 Å². The van der Waals surface area contributed by atoms with Crippen molar-refractivity contribution in [1.82, 2.24) is 10.2 Å². The van der Waals surface area contributed by atoms with Gasteiger partial charge in [-0.15, -0.1) is 0 Å². The second kappa shape index (κ2) is 7.78. The second-order valence-corrected chi connectivity index (χ2v) is 6.61. The first-order valence-electron chi connectivity index (χ1n) is 8.39. The number of nitrogens with two attached hydrogens (primary N) is 1. The first-order chi connectivity index (χ1) is 10.1. The molecule has 2 fully saturated rings. The molecule has 0 aromatic rings. The SMILES string of the molecule is CC1CC(CN)CN1C(=O)CCNC(=O)C1CCCCC1. The molecule has 0 radical (unpaired) electrons. The molecule has 1 heterocycles. The number of amides is 2. The van der Waals surface area contributed by atoms with E-state index in [0.29, 0.717) is 25.4 Å². The van der Waals surface area contributed by atoms with Gasteiger partial charge in [0.1, 0.15) is 0 Å². The van der Waals surface area contributed by atoms with Gasteiger partial charge in [-0.05, 0) is 38.6 Å². The molecule has 120 valence electrons. The van der Waals surface area contributed by atoms with Crippen LogP contribution in [0, 0.1) is 11.8 Å². The highest BCUT2D eigenvalue weighted by Gasteiger charge is 2.31. The second-order valence-electron chi connectivity index (χ2n) is 6.61. The van der Waals surface area contributed by atoms with Gasteiger partial charge in [0.2, 0.25) is 11.8 Å². The highest BCUT2D eigenvalue weighted by Crippen LogP contribution is 2.24. The van der Waals surface area contributed by atoms with Crippen LogP contribution in [0.15, 0.2) is 0 Å². The Hall–Kier alpha value is -1.10. The maximum atomic E-state index is 12.2. The fourth-order valence-corrected chi connectivity index (χ4v) is 3.61. The third-order valence-corrected chi connectivity index (χ3v) is 4.93. The molecule has 0 bridgehead atoms. The van der Waals surface area contributed by atoms with E-state index in [0.717, 1.165) is 38.6 Å². The molecule has 2 unspecified atom stereocenters. The van der Waals surface area contributed by atoms with Crippen LogP contribution in [0.3, 0.4) is 0 Å². The summed E-state index contributed by atoms with van der Waals surface area (Å²) in [5.74, 6) is 0.876. The predicted molar refractivity (Wildman–Crippen MR) is 82.5 cm³/mol. The summed E-state index contributed by atoms with van der Waals surface area (Å²) in [6.45, 7) is 3.96. The van der Waals surface area contributed by atoms with Crippen molar-refractivity contribution < 1.29 is 9.59 Å². The standard InChI is InChI=1S/C16H29N3O2/c1-12-9-13(10-17)11-19(12)15(20)7-8-18-16(21)14-5-3-2-4-6-14/h12-14H,2-11,17H2,1H3,(H,18,21). The van der Waals surface area contributed by atoms with Crippen LogP contribution in [0.4, 0.5) is 0 Å². The Morgan fingerprint density at radius 1 is 1.24 bits per heavy atom. The number of hydrogen-bond donors (Lipinski definition) is 2. The molecular formula is C16H29N3O2. The van der Waals surface area contributed by atoms with Gasteiger partial charge in [-0.3, -0.25) is 9.59 Å². The molecule has 5 nitrogen and oxygen atoms in total. The van der Waals surface area contributed by atoms with Crippen LogP contribution in [0.25, 0.3) is 0 Å². The first kappa shape index (κ1) is 16.3. The average molecular weight is 295 g/mol. The Morgan fingerprint density at radius 3 is 2.57 bits per heavy atom. The van der Waals surface area contributed by atoms with Gasteiger partial charge < -0.3 is 16.0 Å². The van der Waals surface area contributed by atoms with Crippen molar-refractivity contribution >= 4 is 11.8 Å². The summed E-state index contributed by atoms with van der Waals surface area (Å²) < 4.78 is 0. The van der Waals surface area contributed by atoms with E-state index < -0.39 is 0 Å². The van der Waals surface area contributed by atoms with Crippen LogP contribution in [0.5, 0.6) is 0 Å². The summed E-state index contributed by atoms with van der Waals surface area (Å²) >= 11 is 0. The van der Waals surface area contributed by atoms with Crippen LogP contribution >= 0.6 is 0 Å². The minimum atomic E-state index is 0.136. The Balaban J connectivity index is 1.68. The van der Waals surface area contributed by atoms with Crippen molar-refractivity contribution in [3.8, 4) is 0 Å². The summed E-state index contributed by atoms with van der Waals surface area (Å²) in [7, 11) is 0. The normalized spacial score (nSPS) is 26.9. The van der Waals surface area contributed by atoms with Gasteiger partial charge in [-0.2, -0.15) is 0 Å². The lowest BCUT2D eigenvalue weighted by Crippen LogP contribution is -2.38. The number of carbonyl (C=O) groups is 2. The van der Waals surface area contributed by atoms with Crippen LogP contribution in [0.2, 0.25) is 0 Å². The van der Waals surface area contributed by atoms with E-state index >= 15 is 0 Å². The zero-order chi connectivity index (χ0) is 15.2. The topological polar surface area (TPSA) is 75.4 Å². The molecule has 3 N–H and O–H groups in total. The summed E-state index contributed by atoms with van der Waals surface area (Å²) in [6.07, 6.45) is 6.96. The van der Waals surface area contributed by atoms with Crippen LogP contribution in [0.1, 0.15) is 51.9 Å². The molecule has 2 atom stereocenters. The van der Waals surface area contributed by atoms with Crippen molar-refractivity contribution in [1.29, 1.82) is 0 Å². The maximum Gasteiger partial charge on any atom is 0.224 e. The predicted octanol–water partition coefficient (Wildman–Crippen LogP) is 1.27. The molecule has 5 heteroatoms. The Labute approximate surface area is 127 Å². The summed E-state index contributed by atoms with van der Waals surface area (Å²) in [6, 6.07) is 0.278. The number of rotatable bonds is 5. The molecule has 1 saturated carbocycles. The Morgan fingerprint density at radius 2 is 1.95 bits per heavy atom. The fraction of sp³-hybridized carbons (Fsp3) is 0.875. The van der Waals surface area contributed by atoms with Crippen LogP contribution in [-0.4, -0.2) is 42.4 Å². The number of nitrogens with zero attached hydrogens (tertiary/aromatic N) is 1. The molecule has 1 saturated heterocycles. The third-order valence-electron chi connectivity index (χ3n) is 4.93. The lowest BCUT2D eigenvalue weighted by molar-refractivity contribution is -0.132. The third kappa shape index (κ3) is 4.43. The summed E-state index contributed by atoms with van der Waals surface area (Å²) in [5, 5.41) is 2.94. The Kier molecular flexibility index (Phi) is 6.03. The molecule has 0 aromatic carbocycles. The smallest absolute Gasteiger partial charge is 0.224 e. The number of carbonyl (C=O) groups excluding carboxylic acids is 2. The van der Waals surface area contributed by atoms with Crippen LogP contribution in [-0.2, 0) is 9.59 Å². The minimum Gasteiger partial charge on any atom is -0.355 e. The molecule has 1 aliphatic carbocycles. The number of hydrogen-bond acceptors (Lipinski definition) is 3. The molecule has 0 aromatic heterocycles. The minimum absolute atomic E-state index is 0.136. The van der Waals surface area contributed by atoms with E-state index in [2.05, 4.69) is 12.2 Å². The maximum absolute atomic E-state index is 12.2. The van der Waals surface area contributed by atoms with E-state index in [1.54, 1.807) is 0 Å². The van der Waals surface area contributed by atoms with Crippen molar-refractivity contribution in [3.05, 3.63) is 0 Å². The Bertz CT molecular complexity index is 367. The molecule has 2 rings (SSSR count). The molecule has 1 aliphatic heterocycles. The van der Waals surface area contributed by atoms with Gasteiger partial charge in [0, 0.05) is 31.5 Å². The molecule has 2 aliphatic rings. The lowest BCUT2D eigenvalue weighted by atomic mass is 9.89. The average Bonchev–Trinajstić information content (AvgIpc) is 2.89. The summed E-state index contributed by atoms with van der Waals surface area (Å²) in [5.41, 5.74) is 5.69. The number of nitrogens with one attached hydrogen (secondary N) is 1. The van der Waals surface area contributed by atoms with Gasteiger partial charge >= 0.3 is 0 Å². The zero-order valence-corrected chi connectivity index (χ0v) is 13.1. The quantitative estimate of drug-likeness (QED) is 0.802. The van der Waals surface area contributed by atoms with Gasteiger partial charge in [0.05, 0.1) is 0 Å². The molecule has 21 heavy (non-hydrogen) atoms.